The van der Waals surface area contributed by atoms with Gasteiger partial charge in [-0.15, -0.1) is 0 Å². The molecular formula is C36H33N5O4S. The zero-order valence-electron chi connectivity index (χ0n) is 25.6. The number of rotatable bonds is 9. The van der Waals surface area contributed by atoms with E-state index >= 15 is 0 Å². The van der Waals surface area contributed by atoms with Gasteiger partial charge in [-0.3, -0.25) is 9.78 Å². The average Bonchev–Trinajstić information content (AvgIpc) is 3.55. The van der Waals surface area contributed by atoms with Gasteiger partial charge >= 0.3 is 5.97 Å². The Morgan fingerprint density at radius 3 is 2.39 bits per heavy atom. The van der Waals surface area contributed by atoms with Crippen molar-refractivity contribution >= 4 is 40.6 Å². The Bertz CT molecular complexity index is 1910. The van der Waals surface area contributed by atoms with Gasteiger partial charge in [-0.05, 0) is 111 Å². The van der Waals surface area contributed by atoms with Crippen LogP contribution in [0.2, 0.25) is 0 Å². The summed E-state index contributed by atoms with van der Waals surface area (Å²) in [5, 5.41) is 16.6. The first-order valence-corrected chi connectivity index (χ1v) is 15.2. The number of ether oxygens (including phenoxy) is 1. The third-order valence-electron chi connectivity index (χ3n) is 8.13. The van der Waals surface area contributed by atoms with Crippen molar-refractivity contribution in [3.63, 3.8) is 0 Å². The molecule has 3 heterocycles. The van der Waals surface area contributed by atoms with Crippen LogP contribution in [0, 0.1) is 20.8 Å². The highest BCUT2D eigenvalue weighted by atomic mass is 32.1. The molecule has 3 aromatic carbocycles. The molecule has 0 aliphatic carbocycles. The number of aromatic carboxylic acids is 1. The molecule has 0 saturated carbocycles. The molecule has 5 aromatic rings. The summed E-state index contributed by atoms with van der Waals surface area (Å²) in [7, 11) is 0. The van der Waals surface area contributed by atoms with Crippen LogP contribution in [0.4, 0.5) is 11.4 Å². The Morgan fingerprint density at radius 2 is 1.70 bits per heavy atom. The number of nitrogens with zero attached hydrogens (tertiary/aromatic N) is 3. The summed E-state index contributed by atoms with van der Waals surface area (Å²) in [4.78, 5) is 31.1. The Labute approximate surface area is 272 Å². The highest BCUT2D eigenvalue weighted by Gasteiger charge is 2.42. The molecule has 3 N–H and O–H groups in total. The second-order valence-electron chi connectivity index (χ2n) is 11.2. The van der Waals surface area contributed by atoms with Gasteiger partial charge in [0.2, 0.25) is 0 Å². The van der Waals surface area contributed by atoms with Gasteiger partial charge in [-0.2, -0.15) is 0 Å². The van der Waals surface area contributed by atoms with Crippen LogP contribution >= 0.6 is 12.2 Å². The number of aryl methyl sites for hydroxylation is 2. The fourth-order valence-electron chi connectivity index (χ4n) is 5.96. The maximum absolute atomic E-state index is 12.6. The van der Waals surface area contributed by atoms with E-state index in [9.17, 15) is 14.7 Å². The Hall–Kier alpha value is -5.48. The van der Waals surface area contributed by atoms with E-state index in [-0.39, 0.29) is 30.2 Å². The second-order valence-corrected chi connectivity index (χ2v) is 11.5. The zero-order valence-corrected chi connectivity index (χ0v) is 26.4. The highest BCUT2D eigenvalue weighted by molar-refractivity contribution is 7.80. The van der Waals surface area contributed by atoms with E-state index < -0.39 is 5.97 Å². The quantitative estimate of drug-likeness (QED) is 0.155. The smallest absolute Gasteiger partial charge is 0.335 e. The molecule has 0 radical (unpaired) electrons. The molecule has 1 aliphatic rings. The maximum Gasteiger partial charge on any atom is 0.335 e. The Morgan fingerprint density at radius 1 is 0.957 bits per heavy atom. The van der Waals surface area contributed by atoms with E-state index in [0.717, 1.165) is 39.6 Å². The number of hydrogen-bond donors (Lipinski definition) is 3. The number of pyridine rings is 1. The summed E-state index contributed by atoms with van der Waals surface area (Å²) in [5.41, 5.74) is 7.27. The van der Waals surface area contributed by atoms with Crippen molar-refractivity contribution in [1.82, 2.24) is 14.9 Å². The van der Waals surface area contributed by atoms with E-state index in [0.29, 0.717) is 16.5 Å². The van der Waals surface area contributed by atoms with Gasteiger partial charge in [0.05, 0.1) is 23.3 Å². The zero-order chi connectivity index (χ0) is 32.4. The minimum absolute atomic E-state index is 0.107. The summed E-state index contributed by atoms with van der Waals surface area (Å²) < 4.78 is 7.67. The van der Waals surface area contributed by atoms with Crippen LogP contribution < -0.4 is 20.3 Å². The van der Waals surface area contributed by atoms with Crippen molar-refractivity contribution < 1.29 is 19.4 Å². The van der Waals surface area contributed by atoms with Crippen molar-refractivity contribution in [2.75, 3.05) is 16.8 Å². The van der Waals surface area contributed by atoms with Gasteiger partial charge < -0.3 is 29.9 Å². The van der Waals surface area contributed by atoms with E-state index in [1.807, 2.05) is 87.5 Å². The second kappa shape index (κ2) is 12.9. The van der Waals surface area contributed by atoms with Crippen LogP contribution in [-0.2, 0) is 4.79 Å². The van der Waals surface area contributed by atoms with Gasteiger partial charge in [-0.25, -0.2) is 4.79 Å². The maximum atomic E-state index is 12.6. The fraction of sp³-hybridized carbons (Fsp3) is 0.167. The number of para-hydroxylation sites is 1. The molecule has 1 saturated heterocycles. The molecule has 1 fully saturated rings. The molecule has 1 amide bonds. The van der Waals surface area contributed by atoms with Crippen LogP contribution in [0.25, 0.3) is 5.69 Å². The van der Waals surface area contributed by atoms with E-state index in [1.54, 1.807) is 30.5 Å². The van der Waals surface area contributed by atoms with Crippen molar-refractivity contribution in [1.29, 1.82) is 0 Å². The molecule has 6 rings (SSSR count). The number of carboxylic acid groups (broad SMARTS) is 1. The number of hydrogen-bond acceptors (Lipinski definition) is 5. The van der Waals surface area contributed by atoms with Crippen molar-refractivity contribution in [2.45, 2.75) is 32.9 Å². The van der Waals surface area contributed by atoms with Gasteiger partial charge in [0.25, 0.3) is 5.91 Å². The molecular weight excluding hydrogens is 598 g/mol. The van der Waals surface area contributed by atoms with Crippen molar-refractivity contribution in [3.8, 4) is 11.4 Å². The van der Waals surface area contributed by atoms with E-state index in [4.69, 9.17) is 17.0 Å². The number of nitrogens with one attached hydrogen (secondary N) is 2. The summed E-state index contributed by atoms with van der Waals surface area (Å²) in [6.07, 6.45) is 1.77. The predicted octanol–water partition coefficient (Wildman–Crippen LogP) is 6.69. The lowest BCUT2D eigenvalue weighted by Crippen LogP contribution is -2.29. The summed E-state index contributed by atoms with van der Waals surface area (Å²) in [5.74, 6) is -0.613. The molecule has 0 unspecified atom stereocenters. The number of carbonyl (C=O) groups is 2. The first-order chi connectivity index (χ1) is 22.2. The molecule has 1 aliphatic heterocycles. The molecule has 232 valence electrons. The summed E-state index contributed by atoms with van der Waals surface area (Å²) in [6, 6.07) is 29.3. The molecule has 46 heavy (non-hydrogen) atoms. The fourth-order valence-corrected chi connectivity index (χ4v) is 6.30. The van der Waals surface area contributed by atoms with Crippen LogP contribution in [-0.4, -0.2) is 38.3 Å². The lowest BCUT2D eigenvalue weighted by molar-refractivity contribution is -0.118. The first kappa shape index (κ1) is 30.5. The lowest BCUT2D eigenvalue weighted by Gasteiger charge is -2.28. The minimum atomic E-state index is -0.973. The first-order valence-electron chi connectivity index (χ1n) is 14.8. The Balaban J connectivity index is 1.33. The third kappa shape index (κ3) is 6.07. The van der Waals surface area contributed by atoms with Gasteiger partial charge in [0.1, 0.15) is 5.75 Å². The average molecular weight is 632 g/mol. The molecule has 2 aromatic heterocycles. The number of carboxylic acids is 1. The molecule has 0 spiro atoms. The topological polar surface area (TPSA) is 109 Å². The molecule has 0 bridgehead atoms. The van der Waals surface area contributed by atoms with Gasteiger partial charge in [0, 0.05) is 34.6 Å². The molecule has 10 heteroatoms. The van der Waals surface area contributed by atoms with Crippen molar-refractivity contribution in [2.24, 2.45) is 0 Å². The number of thiocarbonyl (C=S) groups is 1. The number of anilines is 2. The summed E-state index contributed by atoms with van der Waals surface area (Å²) >= 11 is 5.93. The lowest BCUT2D eigenvalue weighted by atomic mass is 9.96. The normalized spacial score (nSPS) is 15.8. The van der Waals surface area contributed by atoms with Crippen LogP contribution in [0.15, 0.2) is 103 Å². The predicted molar refractivity (Wildman–Crippen MR) is 182 cm³/mol. The largest absolute Gasteiger partial charge is 0.484 e. The number of carbonyl (C=O) groups excluding carboxylic acids is 1. The van der Waals surface area contributed by atoms with Crippen molar-refractivity contribution in [3.05, 3.63) is 137 Å². The number of amides is 1. The van der Waals surface area contributed by atoms with Crippen LogP contribution in [0.5, 0.6) is 5.75 Å². The summed E-state index contributed by atoms with van der Waals surface area (Å²) in [6.45, 7) is 5.93. The van der Waals surface area contributed by atoms with Crippen LogP contribution in [0.3, 0.4) is 0 Å². The monoisotopic (exact) mass is 631 g/mol. The van der Waals surface area contributed by atoms with E-state index in [1.165, 1.54) is 0 Å². The number of aromatic nitrogens is 2. The Kier molecular flexibility index (Phi) is 8.54. The minimum Gasteiger partial charge on any atom is -0.484 e. The number of benzene rings is 3. The van der Waals surface area contributed by atoms with E-state index in [2.05, 4.69) is 31.2 Å². The molecule has 9 nitrogen and oxygen atoms in total. The molecule has 2 atom stereocenters. The third-order valence-corrected chi connectivity index (χ3v) is 8.44. The van der Waals surface area contributed by atoms with Gasteiger partial charge in [0.15, 0.2) is 11.7 Å². The van der Waals surface area contributed by atoms with Crippen LogP contribution in [0.1, 0.15) is 50.7 Å². The highest BCUT2D eigenvalue weighted by Crippen LogP contribution is 2.44. The SMILES string of the molecule is Cc1ccc(C(=O)O)cc1-n1c(C)cc([C@@H]2[C@@H](c3ccccn3)NC(=S)N2c2ccc(NC(=O)COc3ccccc3)cc2)c1C. The van der Waals surface area contributed by atoms with Gasteiger partial charge in [-0.1, -0.05) is 30.3 Å². The standard InChI is InChI=1S/C36H33N5O4S/c1-22-12-13-25(35(43)44)20-31(22)40-23(2)19-29(24(40)3)34-33(30-11-7-8-18-37-30)39-36(46)41(34)27-16-14-26(15-17-27)38-32(42)21-45-28-9-5-4-6-10-28/h4-20,33-34H,21H2,1-3H3,(H,38,42)(H,39,46)(H,43,44)/t33-,34-/m1/s1.